The van der Waals surface area contributed by atoms with Crippen LogP contribution in [0.5, 0.6) is 5.75 Å². The second kappa shape index (κ2) is 7.49. The Morgan fingerprint density at radius 2 is 1.96 bits per heavy atom. The summed E-state index contributed by atoms with van der Waals surface area (Å²) in [5, 5.41) is 0. The number of fused-ring (bicyclic) bond motifs is 1. The van der Waals surface area contributed by atoms with Gasteiger partial charge in [0.05, 0.1) is 11.6 Å². The molecule has 2 aromatic carbocycles. The zero-order valence-electron chi connectivity index (χ0n) is 13.2. The third-order valence-electron chi connectivity index (χ3n) is 4.04. The number of anilines is 1. The summed E-state index contributed by atoms with van der Waals surface area (Å²) in [7, 11) is 0. The summed E-state index contributed by atoms with van der Waals surface area (Å²) in [5.41, 5.74) is 2.38. The van der Waals surface area contributed by atoms with Gasteiger partial charge in [-0.2, -0.15) is 0 Å². The number of ketones is 1. The molecule has 124 valence electrons. The van der Waals surface area contributed by atoms with Gasteiger partial charge in [0.25, 0.3) is 5.91 Å². The molecule has 0 saturated carbocycles. The molecule has 4 nitrogen and oxygen atoms in total. The number of nitrogens with zero attached hydrogens (tertiary/aromatic N) is 1. The molecule has 1 aliphatic heterocycles. The van der Waals surface area contributed by atoms with E-state index in [1.807, 2.05) is 18.2 Å². The minimum absolute atomic E-state index is 0.0289. The number of carbonyl (C=O) groups is 2. The maximum atomic E-state index is 12.2. The molecule has 0 aromatic heterocycles. The maximum absolute atomic E-state index is 12.2. The first-order chi connectivity index (χ1) is 11.7. The lowest BCUT2D eigenvalue weighted by molar-refractivity contribution is -0.121. The fourth-order valence-electron chi connectivity index (χ4n) is 2.78. The van der Waals surface area contributed by atoms with E-state index in [0.717, 1.165) is 12.8 Å². The Bertz CT molecular complexity index is 746. The van der Waals surface area contributed by atoms with Gasteiger partial charge >= 0.3 is 0 Å². The van der Waals surface area contributed by atoms with Crippen molar-refractivity contribution in [2.24, 2.45) is 0 Å². The van der Waals surface area contributed by atoms with Gasteiger partial charge in [0.2, 0.25) is 0 Å². The summed E-state index contributed by atoms with van der Waals surface area (Å²) >= 11 is 5.62. The molecule has 2 aromatic rings. The molecule has 1 aliphatic rings. The molecule has 0 spiro atoms. The van der Waals surface area contributed by atoms with E-state index < -0.39 is 0 Å². The van der Waals surface area contributed by atoms with E-state index in [1.165, 1.54) is 5.56 Å². The largest absolute Gasteiger partial charge is 0.482 e. The zero-order valence-corrected chi connectivity index (χ0v) is 14.0. The second-order valence-electron chi connectivity index (χ2n) is 5.66. The van der Waals surface area contributed by atoms with Crippen molar-refractivity contribution in [3.05, 3.63) is 59.7 Å². The third-order valence-corrected chi connectivity index (χ3v) is 4.28. The highest BCUT2D eigenvalue weighted by Gasteiger charge is 2.26. The highest BCUT2D eigenvalue weighted by Crippen LogP contribution is 2.33. The Kier molecular flexibility index (Phi) is 5.16. The Morgan fingerprint density at radius 1 is 1.17 bits per heavy atom. The first-order valence-electron chi connectivity index (χ1n) is 7.89. The molecule has 0 fully saturated rings. The molecular weight excluding hydrogens is 326 g/mol. The minimum atomic E-state index is -0.165. The van der Waals surface area contributed by atoms with Crippen LogP contribution in [0.15, 0.2) is 48.5 Å². The van der Waals surface area contributed by atoms with E-state index >= 15 is 0 Å². The number of Topliss-reactive ketones (excluding diaryl/α,β-unsaturated/α-hetero) is 1. The van der Waals surface area contributed by atoms with Crippen molar-refractivity contribution in [2.75, 3.05) is 23.9 Å². The van der Waals surface area contributed by atoms with Gasteiger partial charge in [0, 0.05) is 12.1 Å². The number of hydrogen-bond acceptors (Lipinski definition) is 3. The highest BCUT2D eigenvalue weighted by atomic mass is 35.5. The van der Waals surface area contributed by atoms with Gasteiger partial charge in [0.15, 0.2) is 12.4 Å². The Hall–Kier alpha value is -2.33. The number of amides is 1. The number of alkyl halides is 1. The normalized spacial score (nSPS) is 13.4. The van der Waals surface area contributed by atoms with Crippen molar-refractivity contribution in [1.29, 1.82) is 0 Å². The van der Waals surface area contributed by atoms with Crippen LogP contribution >= 0.6 is 11.6 Å². The van der Waals surface area contributed by atoms with Gasteiger partial charge in [0.1, 0.15) is 5.75 Å². The lowest BCUT2D eigenvalue weighted by Gasteiger charge is -2.29. The van der Waals surface area contributed by atoms with Crippen molar-refractivity contribution >= 4 is 29.0 Å². The summed E-state index contributed by atoms with van der Waals surface area (Å²) in [5.74, 6) is 0.287. The predicted molar refractivity (Wildman–Crippen MR) is 94.1 cm³/mol. The Labute approximate surface area is 146 Å². The third kappa shape index (κ3) is 3.60. The monoisotopic (exact) mass is 343 g/mol. The molecule has 0 unspecified atom stereocenters. The van der Waals surface area contributed by atoms with Crippen LogP contribution in [0.25, 0.3) is 0 Å². The van der Waals surface area contributed by atoms with Crippen molar-refractivity contribution in [3.63, 3.8) is 0 Å². The summed E-state index contributed by atoms with van der Waals surface area (Å²) in [6.07, 6.45) is 1.73. The molecule has 0 radical (unpaired) electrons. The Morgan fingerprint density at radius 3 is 2.71 bits per heavy atom. The SMILES string of the molecule is O=C(CCl)c1ccc2c(c1)N(CCCc1ccccc1)C(=O)CO2. The van der Waals surface area contributed by atoms with Crippen LogP contribution in [-0.4, -0.2) is 30.7 Å². The van der Waals surface area contributed by atoms with E-state index in [-0.39, 0.29) is 24.2 Å². The molecule has 5 heteroatoms. The average molecular weight is 344 g/mol. The van der Waals surface area contributed by atoms with Crippen LogP contribution in [0, 0.1) is 0 Å². The first kappa shape index (κ1) is 16.5. The van der Waals surface area contributed by atoms with E-state index in [2.05, 4.69) is 12.1 Å². The molecule has 0 atom stereocenters. The second-order valence-corrected chi connectivity index (χ2v) is 5.93. The van der Waals surface area contributed by atoms with Gasteiger partial charge in [-0.05, 0) is 36.6 Å². The Balaban J connectivity index is 1.76. The molecule has 0 aliphatic carbocycles. The number of hydrogen-bond donors (Lipinski definition) is 0. The van der Waals surface area contributed by atoms with Crippen LogP contribution in [-0.2, 0) is 11.2 Å². The van der Waals surface area contributed by atoms with Crippen molar-refractivity contribution in [2.45, 2.75) is 12.8 Å². The number of aryl methyl sites for hydroxylation is 1. The number of rotatable bonds is 6. The smallest absolute Gasteiger partial charge is 0.265 e. The maximum Gasteiger partial charge on any atom is 0.265 e. The molecular formula is C19H18ClNO3. The van der Waals surface area contributed by atoms with Gasteiger partial charge in [-0.25, -0.2) is 0 Å². The lowest BCUT2D eigenvalue weighted by Crippen LogP contribution is -2.39. The van der Waals surface area contributed by atoms with Gasteiger partial charge in [-0.3, -0.25) is 9.59 Å². The average Bonchev–Trinajstić information content (AvgIpc) is 2.63. The summed E-state index contributed by atoms with van der Waals surface area (Å²) in [6.45, 7) is 0.615. The fraction of sp³-hybridized carbons (Fsp3) is 0.263. The van der Waals surface area contributed by atoms with Crippen molar-refractivity contribution in [1.82, 2.24) is 0 Å². The number of ether oxygens (including phenoxy) is 1. The van der Waals surface area contributed by atoms with Crippen LogP contribution in [0.1, 0.15) is 22.3 Å². The number of halogens is 1. The van der Waals surface area contributed by atoms with Crippen LogP contribution < -0.4 is 9.64 Å². The lowest BCUT2D eigenvalue weighted by atomic mass is 10.1. The van der Waals surface area contributed by atoms with Crippen LogP contribution in [0.2, 0.25) is 0 Å². The first-order valence-corrected chi connectivity index (χ1v) is 8.43. The van der Waals surface area contributed by atoms with Crippen molar-refractivity contribution < 1.29 is 14.3 Å². The molecule has 0 N–H and O–H groups in total. The molecule has 0 saturated heterocycles. The van der Waals surface area contributed by atoms with Crippen molar-refractivity contribution in [3.8, 4) is 5.75 Å². The van der Waals surface area contributed by atoms with E-state index in [1.54, 1.807) is 23.1 Å². The molecule has 3 rings (SSSR count). The van der Waals surface area contributed by atoms with E-state index in [4.69, 9.17) is 16.3 Å². The van der Waals surface area contributed by atoms with E-state index in [9.17, 15) is 9.59 Å². The number of benzene rings is 2. The topological polar surface area (TPSA) is 46.6 Å². The minimum Gasteiger partial charge on any atom is -0.482 e. The van der Waals surface area contributed by atoms with Crippen LogP contribution in [0.4, 0.5) is 5.69 Å². The zero-order chi connectivity index (χ0) is 16.9. The number of carbonyl (C=O) groups excluding carboxylic acids is 2. The molecule has 24 heavy (non-hydrogen) atoms. The highest BCUT2D eigenvalue weighted by molar-refractivity contribution is 6.30. The summed E-state index contributed by atoms with van der Waals surface area (Å²) in [4.78, 5) is 25.8. The molecule has 1 amide bonds. The van der Waals surface area contributed by atoms with Gasteiger partial charge < -0.3 is 9.64 Å². The van der Waals surface area contributed by atoms with E-state index in [0.29, 0.717) is 23.5 Å². The van der Waals surface area contributed by atoms with Crippen LogP contribution in [0.3, 0.4) is 0 Å². The predicted octanol–water partition coefficient (Wildman–Crippen LogP) is 3.47. The summed E-state index contributed by atoms with van der Waals surface area (Å²) in [6, 6.07) is 15.3. The van der Waals surface area contributed by atoms with Gasteiger partial charge in [-0.1, -0.05) is 30.3 Å². The molecule has 0 bridgehead atoms. The molecule has 1 heterocycles. The standard InChI is InChI=1S/C19H18ClNO3/c20-12-17(22)15-8-9-18-16(11-15)21(19(23)13-24-18)10-4-7-14-5-2-1-3-6-14/h1-3,5-6,8-9,11H,4,7,10,12-13H2. The fourth-order valence-corrected chi connectivity index (χ4v) is 2.94. The van der Waals surface area contributed by atoms with Gasteiger partial charge in [-0.15, -0.1) is 11.6 Å². The quantitative estimate of drug-likeness (QED) is 0.596. The summed E-state index contributed by atoms with van der Waals surface area (Å²) < 4.78 is 5.46.